The second-order valence-electron chi connectivity index (χ2n) is 3.67. The summed E-state index contributed by atoms with van der Waals surface area (Å²) >= 11 is 0. The van der Waals surface area contributed by atoms with Gasteiger partial charge in [0.15, 0.2) is 0 Å². The minimum absolute atomic E-state index is 0.207. The molecule has 6 heteroatoms. The molecule has 0 saturated carbocycles. The third kappa shape index (κ3) is 1.95. The lowest BCUT2D eigenvalue weighted by Crippen LogP contribution is -2.39. The Hall–Kier alpha value is -2.42. The number of aromatic nitrogens is 1. The average molecular weight is 231 g/mol. The van der Waals surface area contributed by atoms with Crippen molar-refractivity contribution < 1.29 is 14.7 Å². The van der Waals surface area contributed by atoms with E-state index in [0.717, 1.165) is 0 Å². The molecule has 1 fully saturated rings. The van der Waals surface area contributed by atoms with Gasteiger partial charge in [0.05, 0.1) is 5.56 Å². The van der Waals surface area contributed by atoms with E-state index in [2.05, 4.69) is 4.98 Å². The third-order valence-corrected chi connectivity index (χ3v) is 2.62. The minimum Gasteiger partial charge on any atom is -0.480 e. The van der Waals surface area contributed by atoms with Gasteiger partial charge in [0, 0.05) is 12.6 Å². The molecule has 1 unspecified atom stereocenters. The van der Waals surface area contributed by atoms with Crippen molar-refractivity contribution >= 4 is 17.7 Å². The van der Waals surface area contributed by atoms with Crippen LogP contribution in [0.1, 0.15) is 18.4 Å². The molecule has 1 aliphatic rings. The summed E-state index contributed by atoms with van der Waals surface area (Å²) in [7, 11) is 0. The summed E-state index contributed by atoms with van der Waals surface area (Å²) in [6.45, 7) is 0. The van der Waals surface area contributed by atoms with E-state index in [-0.39, 0.29) is 24.6 Å². The number of nitriles is 1. The zero-order valence-corrected chi connectivity index (χ0v) is 8.83. The minimum atomic E-state index is -1.04. The van der Waals surface area contributed by atoms with Gasteiger partial charge in [-0.05, 0) is 18.6 Å². The number of hydrogen-bond acceptors (Lipinski definition) is 4. The number of hydrogen-bond donors (Lipinski definition) is 1. The van der Waals surface area contributed by atoms with E-state index in [4.69, 9.17) is 10.4 Å². The highest BCUT2D eigenvalue weighted by molar-refractivity contribution is 6.01. The van der Waals surface area contributed by atoms with E-state index in [9.17, 15) is 9.59 Å². The fourth-order valence-electron chi connectivity index (χ4n) is 1.80. The molecule has 1 aromatic heterocycles. The van der Waals surface area contributed by atoms with Crippen molar-refractivity contribution in [3.8, 4) is 6.07 Å². The zero-order chi connectivity index (χ0) is 12.4. The standard InChI is InChI=1S/C11H9N3O3/c12-5-7-1-3-9(13-6-7)14-8(11(16)17)2-4-10(14)15/h1,3,6,8H,2,4H2,(H,16,17). The average Bonchev–Trinajstić information content (AvgIpc) is 2.71. The molecule has 0 bridgehead atoms. The highest BCUT2D eigenvalue weighted by atomic mass is 16.4. The quantitative estimate of drug-likeness (QED) is 0.801. The molecule has 86 valence electrons. The molecule has 1 amide bonds. The van der Waals surface area contributed by atoms with Gasteiger partial charge in [0.2, 0.25) is 5.91 Å². The van der Waals surface area contributed by atoms with Gasteiger partial charge >= 0.3 is 5.97 Å². The summed E-state index contributed by atoms with van der Waals surface area (Å²) in [5, 5.41) is 17.6. The molecule has 6 nitrogen and oxygen atoms in total. The molecule has 1 aromatic rings. The van der Waals surface area contributed by atoms with Crippen LogP contribution in [0.5, 0.6) is 0 Å². The van der Waals surface area contributed by atoms with E-state index in [0.29, 0.717) is 5.56 Å². The molecular formula is C11H9N3O3. The van der Waals surface area contributed by atoms with Crippen LogP contribution in [0.2, 0.25) is 0 Å². The van der Waals surface area contributed by atoms with E-state index in [1.54, 1.807) is 0 Å². The van der Waals surface area contributed by atoms with E-state index in [1.165, 1.54) is 23.2 Å². The Kier molecular flexibility index (Phi) is 2.75. The predicted molar refractivity (Wildman–Crippen MR) is 57.1 cm³/mol. The Bertz CT molecular complexity index is 504. The first-order valence-corrected chi connectivity index (χ1v) is 5.04. The van der Waals surface area contributed by atoms with Crippen LogP contribution >= 0.6 is 0 Å². The van der Waals surface area contributed by atoms with Crippen LogP contribution in [-0.4, -0.2) is 28.0 Å². The summed E-state index contributed by atoms with van der Waals surface area (Å²) < 4.78 is 0. The zero-order valence-electron chi connectivity index (χ0n) is 8.83. The van der Waals surface area contributed by atoms with E-state index in [1.807, 2.05) is 6.07 Å². The van der Waals surface area contributed by atoms with Crippen LogP contribution in [0.15, 0.2) is 18.3 Å². The second-order valence-corrected chi connectivity index (χ2v) is 3.67. The summed E-state index contributed by atoms with van der Waals surface area (Å²) in [5.41, 5.74) is 0.368. The summed E-state index contributed by atoms with van der Waals surface area (Å²) in [6, 6.07) is 4.04. The van der Waals surface area contributed by atoms with Crippen LogP contribution in [0.25, 0.3) is 0 Å². The first kappa shape index (κ1) is 11.1. The largest absolute Gasteiger partial charge is 0.480 e. The molecule has 1 atom stereocenters. The van der Waals surface area contributed by atoms with Crippen molar-refractivity contribution in [1.82, 2.24) is 4.98 Å². The van der Waals surface area contributed by atoms with Crippen molar-refractivity contribution in [2.45, 2.75) is 18.9 Å². The molecule has 2 heterocycles. The first-order chi connectivity index (χ1) is 8.13. The number of aliphatic carboxylic acids is 1. The Labute approximate surface area is 97.1 Å². The lowest BCUT2D eigenvalue weighted by molar-refractivity contribution is -0.138. The molecule has 1 saturated heterocycles. The van der Waals surface area contributed by atoms with Crippen molar-refractivity contribution in [3.63, 3.8) is 0 Å². The van der Waals surface area contributed by atoms with Crippen molar-refractivity contribution in [1.29, 1.82) is 5.26 Å². The molecule has 0 aliphatic carbocycles. The molecule has 0 spiro atoms. The topological polar surface area (TPSA) is 94.3 Å². The van der Waals surface area contributed by atoms with Crippen LogP contribution < -0.4 is 4.90 Å². The molecular weight excluding hydrogens is 222 g/mol. The first-order valence-electron chi connectivity index (χ1n) is 5.04. The normalized spacial score (nSPS) is 19.1. The van der Waals surface area contributed by atoms with Gasteiger partial charge in [-0.25, -0.2) is 9.78 Å². The Morgan fingerprint density at radius 1 is 1.59 bits per heavy atom. The maximum absolute atomic E-state index is 11.6. The number of amides is 1. The lowest BCUT2D eigenvalue weighted by atomic mass is 10.2. The van der Waals surface area contributed by atoms with Crippen LogP contribution in [0.4, 0.5) is 5.82 Å². The fourth-order valence-corrected chi connectivity index (χ4v) is 1.80. The van der Waals surface area contributed by atoms with Gasteiger partial charge in [-0.1, -0.05) is 0 Å². The van der Waals surface area contributed by atoms with E-state index >= 15 is 0 Å². The highest BCUT2D eigenvalue weighted by Crippen LogP contribution is 2.25. The molecule has 17 heavy (non-hydrogen) atoms. The maximum Gasteiger partial charge on any atom is 0.326 e. The van der Waals surface area contributed by atoms with Crippen LogP contribution in [0, 0.1) is 11.3 Å². The van der Waals surface area contributed by atoms with Gasteiger partial charge < -0.3 is 5.11 Å². The summed E-state index contributed by atoms with van der Waals surface area (Å²) in [5.74, 6) is -1.02. The van der Waals surface area contributed by atoms with Gasteiger partial charge in [-0.15, -0.1) is 0 Å². The number of rotatable bonds is 2. The number of carbonyl (C=O) groups excluding carboxylic acids is 1. The van der Waals surface area contributed by atoms with Gasteiger partial charge in [0.25, 0.3) is 0 Å². The smallest absolute Gasteiger partial charge is 0.326 e. The van der Waals surface area contributed by atoms with Crippen molar-refractivity contribution in [3.05, 3.63) is 23.9 Å². The monoisotopic (exact) mass is 231 g/mol. The Morgan fingerprint density at radius 3 is 2.88 bits per heavy atom. The Balaban J connectivity index is 2.33. The summed E-state index contributed by atoms with van der Waals surface area (Å²) in [4.78, 5) is 27.7. The maximum atomic E-state index is 11.6. The number of carboxylic acid groups (broad SMARTS) is 1. The van der Waals surface area contributed by atoms with Gasteiger partial charge in [0.1, 0.15) is 17.9 Å². The number of pyridine rings is 1. The highest BCUT2D eigenvalue weighted by Gasteiger charge is 2.37. The lowest BCUT2D eigenvalue weighted by Gasteiger charge is -2.20. The van der Waals surface area contributed by atoms with E-state index < -0.39 is 12.0 Å². The summed E-state index contributed by atoms with van der Waals surface area (Å²) in [6.07, 6.45) is 1.81. The van der Waals surface area contributed by atoms with Gasteiger partial charge in [-0.2, -0.15) is 5.26 Å². The molecule has 0 aromatic carbocycles. The van der Waals surface area contributed by atoms with Crippen molar-refractivity contribution in [2.75, 3.05) is 4.90 Å². The SMILES string of the molecule is N#Cc1ccc(N2C(=O)CCC2C(=O)O)nc1. The molecule has 1 aliphatic heterocycles. The number of anilines is 1. The van der Waals surface area contributed by atoms with Gasteiger partial charge in [-0.3, -0.25) is 9.69 Å². The number of carboxylic acids is 1. The number of nitrogens with zero attached hydrogens (tertiary/aromatic N) is 3. The van der Waals surface area contributed by atoms with Crippen LogP contribution in [0.3, 0.4) is 0 Å². The number of carbonyl (C=O) groups is 2. The fraction of sp³-hybridized carbons (Fsp3) is 0.273. The predicted octanol–water partition coefficient (Wildman–Crippen LogP) is 0.533. The second kappa shape index (κ2) is 4.22. The third-order valence-electron chi connectivity index (χ3n) is 2.62. The molecule has 1 N–H and O–H groups in total. The Morgan fingerprint density at radius 2 is 2.35 bits per heavy atom. The van der Waals surface area contributed by atoms with Crippen molar-refractivity contribution in [2.24, 2.45) is 0 Å². The molecule has 2 rings (SSSR count). The molecule has 0 radical (unpaired) electrons. The van der Waals surface area contributed by atoms with Crippen LogP contribution in [-0.2, 0) is 9.59 Å².